The maximum Gasteiger partial charge on any atom is 0.472 e. The van der Waals surface area contributed by atoms with E-state index in [0.29, 0.717) is 0 Å². The highest BCUT2D eigenvalue weighted by atomic mass is 31.2. The van der Waals surface area contributed by atoms with Crippen LogP contribution in [0.25, 0.3) is 0 Å². The van der Waals surface area contributed by atoms with Gasteiger partial charge in [0.05, 0.1) is 13.2 Å². The van der Waals surface area contributed by atoms with Crippen molar-refractivity contribution < 1.29 is 68.8 Å². The Labute approximate surface area is 152 Å². The van der Waals surface area contributed by atoms with Gasteiger partial charge in [-0.3, -0.25) is 4.52 Å². The van der Waals surface area contributed by atoms with Crippen molar-refractivity contribution in [2.75, 3.05) is 13.2 Å². The van der Waals surface area contributed by atoms with Crippen molar-refractivity contribution in [2.24, 2.45) is 0 Å². The molecule has 2 aliphatic heterocycles. The van der Waals surface area contributed by atoms with Crippen molar-refractivity contribution in [2.45, 2.75) is 61.4 Å². The normalized spacial score (nSPS) is 46.4. The molecule has 2 aliphatic rings. The Bertz CT molecular complexity index is 524. The van der Waals surface area contributed by atoms with Gasteiger partial charge in [-0.1, -0.05) is 0 Å². The zero-order valence-electron chi connectivity index (χ0n) is 13.7. The fourth-order valence-corrected chi connectivity index (χ4v) is 3.22. The summed E-state index contributed by atoms with van der Waals surface area (Å²) in [4.78, 5) is 17.6. The Morgan fingerprint density at radius 1 is 0.741 bits per heavy atom. The lowest BCUT2D eigenvalue weighted by Crippen LogP contribution is -2.64. The van der Waals surface area contributed by atoms with E-state index in [1.54, 1.807) is 0 Å². The standard InChI is InChI=1S/C12H23O14P/c13-1-3-5(15)6(16)8(18)11(23-3)25-10-4(2-14)24-12(9(19)7(10)17)26-27(20,21)22/h3-19H,1-2H2,(H2,20,21,22)/t3-,4-,5-,6+,7-,8-,9-,10-,11-,12?/m1/s1. The van der Waals surface area contributed by atoms with Crippen LogP contribution in [-0.4, -0.2) is 120 Å². The fourth-order valence-electron chi connectivity index (χ4n) is 2.78. The number of hydrogen-bond donors (Lipinski definition) is 9. The summed E-state index contributed by atoms with van der Waals surface area (Å²) in [5, 5.41) is 68.0. The van der Waals surface area contributed by atoms with Crippen LogP contribution in [0.3, 0.4) is 0 Å². The van der Waals surface area contributed by atoms with Gasteiger partial charge in [0, 0.05) is 0 Å². The molecule has 9 N–H and O–H groups in total. The Balaban J connectivity index is 2.14. The molecule has 0 aromatic rings. The van der Waals surface area contributed by atoms with Gasteiger partial charge in [0.25, 0.3) is 0 Å². The number of hydrogen-bond acceptors (Lipinski definition) is 12. The van der Waals surface area contributed by atoms with Gasteiger partial charge in [0.1, 0.15) is 48.8 Å². The highest BCUT2D eigenvalue weighted by Gasteiger charge is 2.51. The molecule has 2 fully saturated rings. The monoisotopic (exact) mass is 422 g/mol. The van der Waals surface area contributed by atoms with E-state index in [4.69, 9.17) is 29.1 Å². The van der Waals surface area contributed by atoms with E-state index < -0.39 is 82.4 Å². The van der Waals surface area contributed by atoms with Crippen LogP contribution in [0.2, 0.25) is 0 Å². The highest BCUT2D eigenvalue weighted by molar-refractivity contribution is 7.46. The number of aliphatic hydroxyl groups is 7. The minimum absolute atomic E-state index is 0.737. The Morgan fingerprint density at radius 2 is 1.26 bits per heavy atom. The lowest BCUT2D eigenvalue weighted by molar-refractivity contribution is -0.353. The predicted octanol–water partition coefficient (Wildman–Crippen LogP) is -5.28. The molecular formula is C12H23O14P. The summed E-state index contributed by atoms with van der Waals surface area (Å²) >= 11 is 0. The van der Waals surface area contributed by atoms with Crippen LogP contribution < -0.4 is 0 Å². The molecule has 0 radical (unpaired) electrons. The molecular weight excluding hydrogens is 399 g/mol. The average Bonchev–Trinajstić information content (AvgIpc) is 2.60. The molecule has 0 spiro atoms. The van der Waals surface area contributed by atoms with Gasteiger partial charge in [0.2, 0.25) is 0 Å². The third-order valence-corrected chi connectivity index (χ3v) is 4.68. The predicted molar refractivity (Wildman–Crippen MR) is 79.5 cm³/mol. The van der Waals surface area contributed by atoms with Gasteiger partial charge >= 0.3 is 7.82 Å². The van der Waals surface area contributed by atoms with E-state index >= 15 is 0 Å². The summed E-state index contributed by atoms with van der Waals surface area (Å²) in [6.45, 7) is -1.59. The summed E-state index contributed by atoms with van der Waals surface area (Å²) in [5.74, 6) is 0. The third kappa shape index (κ3) is 5.20. The molecule has 0 aliphatic carbocycles. The molecule has 0 aromatic heterocycles. The molecule has 2 saturated heterocycles. The average molecular weight is 422 g/mol. The van der Waals surface area contributed by atoms with E-state index in [2.05, 4.69) is 4.52 Å². The van der Waals surface area contributed by atoms with Gasteiger partial charge in [0.15, 0.2) is 12.6 Å². The van der Waals surface area contributed by atoms with Gasteiger partial charge < -0.3 is 59.7 Å². The van der Waals surface area contributed by atoms with Crippen LogP contribution in [0.15, 0.2) is 0 Å². The van der Waals surface area contributed by atoms with E-state index in [9.17, 15) is 35.2 Å². The van der Waals surface area contributed by atoms with Crippen molar-refractivity contribution in [3.8, 4) is 0 Å². The largest absolute Gasteiger partial charge is 0.472 e. The molecule has 1 unspecified atom stereocenters. The molecule has 14 nitrogen and oxygen atoms in total. The zero-order chi connectivity index (χ0) is 20.5. The van der Waals surface area contributed by atoms with Crippen LogP contribution in [0.4, 0.5) is 0 Å². The molecule has 0 bridgehead atoms. The molecule has 160 valence electrons. The molecule has 15 heteroatoms. The molecule has 10 atom stereocenters. The van der Waals surface area contributed by atoms with Crippen molar-refractivity contribution in [3.05, 3.63) is 0 Å². The minimum atomic E-state index is -5.10. The van der Waals surface area contributed by atoms with E-state index in [-0.39, 0.29) is 0 Å². The van der Waals surface area contributed by atoms with Crippen molar-refractivity contribution >= 4 is 7.82 Å². The van der Waals surface area contributed by atoms with Crippen LogP contribution in [0, 0.1) is 0 Å². The smallest absolute Gasteiger partial charge is 0.394 e. The second-order valence-corrected chi connectivity index (χ2v) is 7.29. The number of ether oxygens (including phenoxy) is 3. The fraction of sp³-hybridized carbons (Fsp3) is 1.00. The molecule has 0 aromatic carbocycles. The van der Waals surface area contributed by atoms with Crippen LogP contribution in [0.5, 0.6) is 0 Å². The molecule has 2 heterocycles. The van der Waals surface area contributed by atoms with E-state index in [0.717, 1.165) is 0 Å². The van der Waals surface area contributed by atoms with Gasteiger partial charge in [-0.05, 0) is 0 Å². The zero-order valence-corrected chi connectivity index (χ0v) is 14.6. The Morgan fingerprint density at radius 3 is 1.78 bits per heavy atom. The quantitative estimate of drug-likeness (QED) is 0.182. The summed E-state index contributed by atoms with van der Waals surface area (Å²) in [7, 11) is -5.10. The number of aliphatic hydroxyl groups excluding tert-OH is 7. The molecule has 0 amide bonds. The first-order valence-corrected chi connectivity index (χ1v) is 9.35. The van der Waals surface area contributed by atoms with Gasteiger partial charge in [-0.2, -0.15) is 0 Å². The topological polar surface area (TPSA) is 236 Å². The molecule has 2 rings (SSSR count). The van der Waals surface area contributed by atoms with Crippen molar-refractivity contribution in [1.82, 2.24) is 0 Å². The van der Waals surface area contributed by atoms with Crippen molar-refractivity contribution in [3.63, 3.8) is 0 Å². The summed E-state index contributed by atoms with van der Waals surface area (Å²) < 4.78 is 30.4. The maximum atomic E-state index is 10.9. The van der Waals surface area contributed by atoms with Gasteiger partial charge in [-0.15, -0.1) is 0 Å². The summed E-state index contributed by atoms with van der Waals surface area (Å²) in [6, 6.07) is 0. The first-order valence-electron chi connectivity index (χ1n) is 7.82. The second kappa shape index (κ2) is 9.02. The first kappa shape index (κ1) is 23.0. The SMILES string of the molecule is O=P(O)(O)OC1O[C@H](CO)[C@@H](O[C@H]2O[C@H](CO)[C@@H](O)[C@H](O)[C@H]2O)[C@H](O)[C@H]1O. The minimum Gasteiger partial charge on any atom is -0.394 e. The molecule has 27 heavy (non-hydrogen) atoms. The lowest BCUT2D eigenvalue weighted by Gasteiger charge is -2.45. The Hall–Kier alpha value is -0.290. The Kier molecular flexibility index (Phi) is 7.68. The maximum absolute atomic E-state index is 10.9. The lowest BCUT2D eigenvalue weighted by atomic mass is 9.97. The van der Waals surface area contributed by atoms with E-state index in [1.807, 2.05) is 0 Å². The van der Waals surface area contributed by atoms with Crippen LogP contribution in [0.1, 0.15) is 0 Å². The summed E-state index contributed by atoms with van der Waals surface area (Å²) in [6.07, 6.45) is -17.3. The second-order valence-electron chi connectivity index (χ2n) is 6.10. The first-order chi connectivity index (χ1) is 12.5. The van der Waals surface area contributed by atoms with Crippen molar-refractivity contribution in [1.29, 1.82) is 0 Å². The third-order valence-electron chi connectivity index (χ3n) is 4.20. The summed E-state index contributed by atoms with van der Waals surface area (Å²) in [5.41, 5.74) is 0. The van der Waals surface area contributed by atoms with Gasteiger partial charge in [-0.25, -0.2) is 4.57 Å². The number of rotatable bonds is 6. The van der Waals surface area contributed by atoms with Crippen LogP contribution in [-0.2, 0) is 23.3 Å². The number of phosphoric acid groups is 1. The number of phosphoric ester groups is 1. The molecule has 0 saturated carbocycles. The van der Waals surface area contributed by atoms with E-state index in [1.165, 1.54) is 0 Å². The van der Waals surface area contributed by atoms with Crippen LogP contribution >= 0.6 is 7.82 Å². The highest BCUT2D eigenvalue weighted by Crippen LogP contribution is 2.41.